The van der Waals surface area contributed by atoms with Gasteiger partial charge in [0, 0.05) is 28.1 Å². The molecule has 0 spiro atoms. The fourth-order valence-electron chi connectivity index (χ4n) is 2.35. The Bertz CT molecular complexity index is 619. The van der Waals surface area contributed by atoms with Crippen LogP contribution in [0.4, 0.5) is 4.39 Å². The van der Waals surface area contributed by atoms with Crippen molar-refractivity contribution < 1.29 is 4.39 Å². The predicted molar refractivity (Wildman–Crippen MR) is 91.5 cm³/mol. The van der Waals surface area contributed by atoms with Crippen LogP contribution < -0.4 is 5.73 Å². The molecule has 2 aromatic rings. The number of benzene rings is 2. The number of likely N-dealkylation sites (N-methyl/N-ethyl adjacent to an activating group) is 1. The lowest BCUT2D eigenvalue weighted by atomic mass is 10.0. The molecule has 2 aromatic carbocycles. The Kier molecular flexibility index (Phi) is 5.93. The van der Waals surface area contributed by atoms with E-state index in [9.17, 15) is 4.39 Å². The van der Waals surface area contributed by atoms with Gasteiger partial charge in [0.1, 0.15) is 5.82 Å². The zero-order valence-corrected chi connectivity index (χ0v) is 14.9. The van der Waals surface area contributed by atoms with Crippen LogP contribution in [0, 0.1) is 5.82 Å². The minimum absolute atomic E-state index is 0.0268. The van der Waals surface area contributed by atoms with Crippen LogP contribution in [-0.2, 0) is 6.54 Å². The molecule has 0 bridgehead atoms. The standard InChI is InChI=1S/C16H17Br2FN2/c1-21(10-11-3-2-4-12(17)7-11)16(9-20)14-6-5-13(19)8-15(14)18/h2-8,16H,9-10,20H2,1H3. The third kappa shape index (κ3) is 4.36. The number of nitrogens with zero attached hydrogens (tertiary/aromatic N) is 1. The van der Waals surface area contributed by atoms with Crippen molar-refractivity contribution in [3.63, 3.8) is 0 Å². The van der Waals surface area contributed by atoms with Crippen molar-refractivity contribution in [3.05, 3.63) is 68.4 Å². The van der Waals surface area contributed by atoms with E-state index in [1.54, 1.807) is 6.07 Å². The maximum atomic E-state index is 13.2. The second-order valence-electron chi connectivity index (χ2n) is 4.96. The number of hydrogen-bond donors (Lipinski definition) is 1. The number of halogens is 3. The molecule has 0 aliphatic rings. The number of nitrogens with two attached hydrogens (primary N) is 1. The summed E-state index contributed by atoms with van der Waals surface area (Å²) in [6.45, 7) is 1.24. The Hall–Kier alpha value is -0.750. The Morgan fingerprint density at radius 3 is 2.57 bits per heavy atom. The topological polar surface area (TPSA) is 29.3 Å². The fraction of sp³-hybridized carbons (Fsp3) is 0.250. The van der Waals surface area contributed by atoms with Gasteiger partial charge in [-0.15, -0.1) is 0 Å². The molecule has 0 amide bonds. The molecule has 5 heteroatoms. The first-order valence-electron chi connectivity index (χ1n) is 6.61. The van der Waals surface area contributed by atoms with Gasteiger partial charge in [-0.1, -0.05) is 50.1 Å². The Morgan fingerprint density at radius 1 is 1.19 bits per heavy atom. The van der Waals surface area contributed by atoms with Gasteiger partial charge in [0.2, 0.25) is 0 Å². The van der Waals surface area contributed by atoms with Crippen LogP contribution in [0.5, 0.6) is 0 Å². The SMILES string of the molecule is CN(Cc1cccc(Br)c1)C(CN)c1ccc(F)cc1Br. The first kappa shape index (κ1) is 16.6. The maximum absolute atomic E-state index is 13.2. The summed E-state index contributed by atoms with van der Waals surface area (Å²) in [5.41, 5.74) is 8.13. The maximum Gasteiger partial charge on any atom is 0.124 e. The highest BCUT2D eigenvalue weighted by atomic mass is 79.9. The molecule has 0 aliphatic carbocycles. The third-order valence-corrected chi connectivity index (χ3v) is 4.58. The van der Waals surface area contributed by atoms with E-state index < -0.39 is 0 Å². The van der Waals surface area contributed by atoms with Crippen LogP contribution >= 0.6 is 31.9 Å². The van der Waals surface area contributed by atoms with Crippen LogP contribution in [0.15, 0.2) is 51.4 Å². The van der Waals surface area contributed by atoms with Crippen molar-refractivity contribution in [3.8, 4) is 0 Å². The van der Waals surface area contributed by atoms with Crippen LogP contribution in [0.25, 0.3) is 0 Å². The summed E-state index contributed by atoms with van der Waals surface area (Å²) in [7, 11) is 2.02. The molecule has 0 saturated carbocycles. The van der Waals surface area contributed by atoms with Gasteiger partial charge in [-0.3, -0.25) is 4.90 Å². The molecular formula is C16H17Br2FN2. The van der Waals surface area contributed by atoms with Gasteiger partial charge in [-0.25, -0.2) is 4.39 Å². The van der Waals surface area contributed by atoms with Gasteiger partial charge in [0.05, 0.1) is 0 Å². The second-order valence-corrected chi connectivity index (χ2v) is 6.73. The normalized spacial score (nSPS) is 12.7. The van der Waals surface area contributed by atoms with Crippen molar-refractivity contribution in [1.82, 2.24) is 4.90 Å². The zero-order chi connectivity index (χ0) is 15.4. The van der Waals surface area contributed by atoms with Crippen LogP contribution in [0.3, 0.4) is 0 Å². The summed E-state index contributed by atoms with van der Waals surface area (Å²) in [6.07, 6.45) is 0. The van der Waals surface area contributed by atoms with Crippen LogP contribution in [0.2, 0.25) is 0 Å². The minimum Gasteiger partial charge on any atom is -0.329 e. The molecule has 2 rings (SSSR count). The monoisotopic (exact) mass is 414 g/mol. The van der Waals surface area contributed by atoms with E-state index in [1.807, 2.05) is 19.2 Å². The number of hydrogen-bond acceptors (Lipinski definition) is 2. The Morgan fingerprint density at radius 2 is 1.95 bits per heavy atom. The van der Waals surface area contributed by atoms with E-state index in [0.29, 0.717) is 6.54 Å². The summed E-state index contributed by atoms with van der Waals surface area (Å²) in [5.74, 6) is -0.254. The highest BCUT2D eigenvalue weighted by molar-refractivity contribution is 9.10. The molecule has 0 aliphatic heterocycles. The minimum atomic E-state index is -0.254. The van der Waals surface area contributed by atoms with Gasteiger partial charge < -0.3 is 5.73 Å². The largest absolute Gasteiger partial charge is 0.329 e. The van der Waals surface area contributed by atoms with Crippen LogP contribution in [-0.4, -0.2) is 18.5 Å². The van der Waals surface area contributed by atoms with Gasteiger partial charge in [-0.2, -0.15) is 0 Å². The number of rotatable bonds is 5. The van der Waals surface area contributed by atoms with E-state index in [-0.39, 0.29) is 11.9 Å². The lowest BCUT2D eigenvalue weighted by Gasteiger charge is -2.28. The van der Waals surface area contributed by atoms with Crippen molar-refractivity contribution in [2.24, 2.45) is 5.73 Å². The lowest BCUT2D eigenvalue weighted by molar-refractivity contribution is 0.241. The van der Waals surface area contributed by atoms with Gasteiger partial charge in [0.25, 0.3) is 0 Å². The van der Waals surface area contributed by atoms with Crippen molar-refractivity contribution in [2.75, 3.05) is 13.6 Å². The Labute approximate surface area is 141 Å². The first-order valence-corrected chi connectivity index (χ1v) is 8.19. The van der Waals surface area contributed by atoms with E-state index in [0.717, 1.165) is 21.1 Å². The van der Waals surface area contributed by atoms with Gasteiger partial charge in [0.15, 0.2) is 0 Å². The van der Waals surface area contributed by atoms with E-state index in [4.69, 9.17) is 5.73 Å². The summed E-state index contributed by atoms with van der Waals surface area (Å²) in [6, 6.07) is 12.9. The van der Waals surface area contributed by atoms with Crippen molar-refractivity contribution >= 4 is 31.9 Å². The van der Waals surface area contributed by atoms with Gasteiger partial charge in [-0.05, 0) is 42.4 Å². The molecule has 2 N–H and O–H groups in total. The van der Waals surface area contributed by atoms with Crippen LogP contribution in [0.1, 0.15) is 17.2 Å². The summed E-state index contributed by atoms with van der Waals surface area (Å²) >= 11 is 6.90. The third-order valence-electron chi connectivity index (χ3n) is 3.40. The molecule has 21 heavy (non-hydrogen) atoms. The van der Waals surface area contributed by atoms with E-state index in [1.165, 1.54) is 17.7 Å². The molecule has 0 aromatic heterocycles. The highest BCUT2D eigenvalue weighted by Crippen LogP contribution is 2.28. The fourth-order valence-corrected chi connectivity index (χ4v) is 3.41. The highest BCUT2D eigenvalue weighted by Gasteiger charge is 2.18. The predicted octanol–water partition coefficient (Wildman–Crippen LogP) is 4.48. The molecular weight excluding hydrogens is 399 g/mol. The molecule has 0 radical (unpaired) electrons. The smallest absolute Gasteiger partial charge is 0.124 e. The van der Waals surface area contributed by atoms with E-state index in [2.05, 4.69) is 48.9 Å². The summed E-state index contributed by atoms with van der Waals surface area (Å²) in [4.78, 5) is 2.17. The zero-order valence-electron chi connectivity index (χ0n) is 11.7. The molecule has 0 heterocycles. The molecule has 1 unspecified atom stereocenters. The molecule has 2 nitrogen and oxygen atoms in total. The van der Waals surface area contributed by atoms with Crippen molar-refractivity contribution in [1.29, 1.82) is 0 Å². The molecule has 1 atom stereocenters. The summed E-state index contributed by atoms with van der Waals surface area (Å²) < 4.78 is 15.0. The quantitative estimate of drug-likeness (QED) is 0.779. The Balaban J connectivity index is 2.20. The first-order chi connectivity index (χ1) is 10.0. The van der Waals surface area contributed by atoms with Crippen molar-refractivity contribution in [2.45, 2.75) is 12.6 Å². The summed E-state index contributed by atoms with van der Waals surface area (Å²) in [5, 5.41) is 0. The lowest BCUT2D eigenvalue weighted by Crippen LogP contribution is -2.30. The second kappa shape index (κ2) is 7.49. The van der Waals surface area contributed by atoms with Gasteiger partial charge >= 0.3 is 0 Å². The van der Waals surface area contributed by atoms with E-state index >= 15 is 0 Å². The molecule has 0 saturated heterocycles. The average molecular weight is 416 g/mol. The molecule has 0 fully saturated rings. The average Bonchev–Trinajstić information content (AvgIpc) is 2.42. The molecule has 112 valence electrons.